The van der Waals surface area contributed by atoms with Crippen LogP contribution in [0.4, 0.5) is 0 Å². The molecule has 0 fully saturated rings. The molecule has 0 heterocycles. The fraction of sp³-hybridized carbons (Fsp3) is 0.417. The number of rotatable bonds is 5. The van der Waals surface area contributed by atoms with E-state index in [9.17, 15) is 4.79 Å². The summed E-state index contributed by atoms with van der Waals surface area (Å²) in [5.74, 6) is 0.270. The first-order chi connectivity index (χ1) is 8.43. The zero-order valence-electron chi connectivity index (χ0n) is 10.2. The smallest absolute Gasteiger partial charge is 0.261 e. The van der Waals surface area contributed by atoms with E-state index in [1.165, 1.54) is 0 Å². The summed E-state index contributed by atoms with van der Waals surface area (Å²) < 4.78 is 5.46. The van der Waals surface area contributed by atoms with Crippen molar-refractivity contribution in [3.8, 4) is 5.75 Å². The van der Waals surface area contributed by atoms with Gasteiger partial charge in [-0.05, 0) is 26.0 Å². The molecule has 1 rings (SSSR count). The molecule has 1 unspecified atom stereocenters. The fourth-order valence-corrected chi connectivity index (χ4v) is 1.52. The highest BCUT2D eigenvalue weighted by atomic mass is 35.5. The zero-order chi connectivity index (χ0) is 13.7. The molecule has 18 heavy (non-hydrogen) atoms. The van der Waals surface area contributed by atoms with Crippen LogP contribution in [0, 0.1) is 0 Å². The molecule has 1 amide bonds. The highest BCUT2D eigenvalue weighted by molar-refractivity contribution is 6.42. The third-order valence-corrected chi connectivity index (χ3v) is 3.05. The van der Waals surface area contributed by atoms with Crippen molar-refractivity contribution in [2.24, 2.45) is 5.73 Å². The largest absolute Gasteiger partial charge is 0.481 e. The van der Waals surface area contributed by atoms with Crippen molar-refractivity contribution >= 4 is 29.1 Å². The second-order valence-corrected chi connectivity index (χ2v) is 4.80. The van der Waals surface area contributed by atoms with Gasteiger partial charge in [0.25, 0.3) is 5.91 Å². The Kier molecular flexibility index (Phi) is 5.72. The number of hydrogen-bond donors (Lipinski definition) is 2. The van der Waals surface area contributed by atoms with Gasteiger partial charge in [0.2, 0.25) is 0 Å². The maximum Gasteiger partial charge on any atom is 0.261 e. The average Bonchev–Trinajstić information content (AvgIpc) is 2.33. The van der Waals surface area contributed by atoms with Crippen LogP contribution in [0.2, 0.25) is 10.0 Å². The van der Waals surface area contributed by atoms with Gasteiger partial charge in [-0.2, -0.15) is 0 Å². The summed E-state index contributed by atoms with van der Waals surface area (Å²) in [7, 11) is 0. The third kappa shape index (κ3) is 4.37. The van der Waals surface area contributed by atoms with Crippen molar-refractivity contribution in [2.45, 2.75) is 26.0 Å². The Hall–Kier alpha value is -0.970. The minimum atomic E-state index is -0.628. The molecule has 0 aliphatic rings. The standard InChI is InChI=1S/C12H16Cl2N2O2/c1-7(6-15)16-12(17)8(2)18-9-3-4-10(13)11(14)5-9/h3-5,7-8H,6,15H2,1-2H3,(H,16,17)/t7-,8?/m0/s1. The van der Waals surface area contributed by atoms with E-state index in [0.717, 1.165) is 0 Å². The van der Waals surface area contributed by atoms with E-state index in [2.05, 4.69) is 5.32 Å². The van der Waals surface area contributed by atoms with E-state index in [-0.39, 0.29) is 11.9 Å². The highest BCUT2D eigenvalue weighted by Gasteiger charge is 2.16. The van der Waals surface area contributed by atoms with E-state index < -0.39 is 6.10 Å². The Bertz CT molecular complexity index is 427. The summed E-state index contributed by atoms with van der Waals surface area (Å²) in [4.78, 5) is 11.7. The Morgan fingerprint density at radius 3 is 2.61 bits per heavy atom. The number of carbonyl (C=O) groups is 1. The minimum absolute atomic E-state index is 0.0858. The molecule has 0 bridgehead atoms. The molecule has 0 aromatic heterocycles. The van der Waals surface area contributed by atoms with Gasteiger partial charge in [-0.25, -0.2) is 0 Å². The molecule has 3 N–H and O–H groups in total. The predicted molar refractivity (Wildman–Crippen MR) is 73.2 cm³/mol. The fourth-order valence-electron chi connectivity index (χ4n) is 1.23. The van der Waals surface area contributed by atoms with Crippen LogP contribution in [0.15, 0.2) is 18.2 Å². The summed E-state index contributed by atoms with van der Waals surface area (Å²) in [6.07, 6.45) is -0.628. The lowest BCUT2D eigenvalue weighted by molar-refractivity contribution is -0.127. The Labute approximate surface area is 116 Å². The van der Waals surface area contributed by atoms with E-state index in [1.54, 1.807) is 25.1 Å². The van der Waals surface area contributed by atoms with Crippen molar-refractivity contribution in [1.82, 2.24) is 5.32 Å². The van der Waals surface area contributed by atoms with Gasteiger partial charge in [0.1, 0.15) is 5.75 Å². The van der Waals surface area contributed by atoms with Gasteiger partial charge in [0, 0.05) is 18.7 Å². The molecule has 0 saturated heterocycles. The van der Waals surface area contributed by atoms with Gasteiger partial charge in [0.05, 0.1) is 10.0 Å². The van der Waals surface area contributed by atoms with Crippen molar-refractivity contribution in [2.75, 3.05) is 6.54 Å². The van der Waals surface area contributed by atoms with E-state index in [1.807, 2.05) is 6.92 Å². The topological polar surface area (TPSA) is 64.3 Å². The quantitative estimate of drug-likeness (QED) is 0.874. The highest BCUT2D eigenvalue weighted by Crippen LogP contribution is 2.26. The SMILES string of the molecule is CC(Oc1ccc(Cl)c(Cl)c1)C(=O)N[C@@H](C)CN. The van der Waals surface area contributed by atoms with Crippen LogP contribution < -0.4 is 15.8 Å². The van der Waals surface area contributed by atoms with Gasteiger partial charge in [-0.3, -0.25) is 4.79 Å². The molecule has 2 atom stereocenters. The van der Waals surface area contributed by atoms with Crippen LogP contribution in [0.1, 0.15) is 13.8 Å². The molecule has 0 saturated carbocycles. The number of hydrogen-bond acceptors (Lipinski definition) is 3. The van der Waals surface area contributed by atoms with Gasteiger partial charge in [0.15, 0.2) is 6.10 Å². The first-order valence-corrected chi connectivity index (χ1v) is 6.31. The maximum absolute atomic E-state index is 11.7. The molecular formula is C12H16Cl2N2O2. The molecule has 100 valence electrons. The second-order valence-electron chi connectivity index (χ2n) is 3.98. The van der Waals surface area contributed by atoms with Gasteiger partial charge >= 0.3 is 0 Å². The number of nitrogens with one attached hydrogen (secondary N) is 1. The lowest BCUT2D eigenvalue weighted by atomic mass is 10.3. The van der Waals surface area contributed by atoms with Crippen molar-refractivity contribution < 1.29 is 9.53 Å². The van der Waals surface area contributed by atoms with Crippen LogP contribution in [0.25, 0.3) is 0 Å². The van der Waals surface area contributed by atoms with Crippen molar-refractivity contribution in [1.29, 1.82) is 0 Å². The molecule has 4 nitrogen and oxygen atoms in total. The lowest BCUT2D eigenvalue weighted by Gasteiger charge is -2.17. The number of halogens is 2. The van der Waals surface area contributed by atoms with E-state index >= 15 is 0 Å². The summed E-state index contributed by atoms with van der Waals surface area (Å²) in [6.45, 7) is 3.86. The molecule has 0 radical (unpaired) electrons. The second kappa shape index (κ2) is 6.83. The first kappa shape index (κ1) is 15.1. The maximum atomic E-state index is 11.7. The number of ether oxygens (including phenoxy) is 1. The molecular weight excluding hydrogens is 275 g/mol. The summed E-state index contributed by atoms with van der Waals surface area (Å²) >= 11 is 11.6. The van der Waals surface area contributed by atoms with Crippen LogP contribution in [0.5, 0.6) is 5.75 Å². The molecule has 6 heteroatoms. The van der Waals surface area contributed by atoms with Gasteiger partial charge in [-0.1, -0.05) is 23.2 Å². The van der Waals surface area contributed by atoms with Crippen LogP contribution in [-0.2, 0) is 4.79 Å². The molecule has 1 aromatic rings. The van der Waals surface area contributed by atoms with Crippen LogP contribution in [0.3, 0.4) is 0 Å². The van der Waals surface area contributed by atoms with Gasteiger partial charge < -0.3 is 15.8 Å². The Balaban J connectivity index is 2.60. The minimum Gasteiger partial charge on any atom is -0.481 e. The van der Waals surface area contributed by atoms with E-state index in [0.29, 0.717) is 22.3 Å². The lowest BCUT2D eigenvalue weighted by Crippen LogP contribution is -2.44. The summed E-state index contributed by atoms with van der Waals surface area (Å²) in [5.41, 5.74) is 5.42. The molecule has 0 aliphatic carbocycles. The number of nitrogens with two attached hydrogens (primary N) is 1. The number of carbonyl (C=O) groups excluding carboxylic acids is 1. The first-order valence-electron chi connectivity index (χ1n) is 5.56. The monoisotopic (exact) mass is 290 g/mol. The Morgan fingerprint density at radius 2 is 2.06 bits per heavy atom. The molecule has 1 aromatic carbocycles. The number of benzene rings is 1. The molecule has 0 spiro atoms. The summed E-state index contributed by atoms with van der Waals surface area (Å²) in [5, 5.41) is 3.56. The van der Waals surface area contributed by atoms with Crippen LogP contribution >= 0.6 is 23.2 Å². The predicted octanol–water partition coefficient (Wildman–Crippen LogP) is 2.22. The van der Waals surface area contributed by atoms with E-state index in [4.69, 9.17) is 33.7 Å². The van der Waals surface area contributed by atoms with Gasteiger partial charge in [-0.15, -0.1) is 0 Å². The van der Waals surface area contributed by atoms with Crippen LogP contribution in [-0.4, -0.2) is 24.6 Å². The Morgan fingerprint density at radius 1 is 1.39 bits per heavy atom. The van der Waals surface area contributed by atoms with Crippen molar-refractivity contribution in [3.05, 3.63) is 28.2 Å². The summed E-state index contributed by atoms with van der Waals surface area (Å²) in [6, 6.07) is 4.76. The number of amides is 1. The zero-order valence-corrected chi connectivity index (χ0v) is 11.8. The van der Waals surface area contributed by atoms with Crippen molar-refractivity contribution in [3.63, 3.8) is 0 Å². The normalized spacial score (nSPS) is 13.8. The average molecular weight is 291 g/mol. The molecule has 0 aliphatic heterocycles. The third-order valence-electron chi connectivity index (χ3n) is 2.32.